The average molecular weight is 413 g/mol. The largest absolute Gasteiger partial charge is 0.497 e. The van der Waals surface area contributed by atoms with Gasteiger partial charge >= 0.3 is 0 Å². The van der Waals surface area contributed by atoms with E-state index in [0.29, 0.717) is 16.9 Å². The second kappa shape index (κ2) is 9.69. The predicted octanol–water partition coefficient (Wildman–Crippen LogP) is 4.35. The molecule has 0 bridgehead atoms. The van der Waals surface area contributed by atoms with Crippen molar-refractivity contribution in [3.8, 4) is 11.5 Å². The maximum absolute atomic E-state index is 6.19. The number of nitrogen functional groups attached to an aromatic ring is 1. The molecule has 0 atom stereocenters. The number of benzene rings is 2. The molecule has 1 heterocycles. The maximum atomic E-state index is 6.19. The molecule has 3 aromatic rings. The number of nitrogens with two attached hydrogens (primary N) is 1. The SMILES string of the molecule is COc1ccc(CCSc2nnc(COc3cc(C)ccc3C(C)C)n2N)cc1. The Morgan fingerprint density at radius 1 is 1.10 bits per heavy atom. The van der Waals surface area contributed by atoms with E-state index in [1.807, 2.05) is 12.1 Å². The minimum absolute atomic E-state index is 0.283. The van der Waals surface area contributed by atoms with Gasteiger partial charge in [-0.1, -0.05) is 49.9 Å². The Labute approximate surface area is 176 Å². The van der Waals surface area contributed by atoms with Crippen LogP contribution in [-0.2, 0) is 13.0 Å². The van der Waals surface area contributed by atoms with Crippen LogP contribution in [0.3, 0.4) is 0 Å². The van der Waals surface area contributed by atoms with Crippen molar-refractivity contribution in [2.24, 2.45) is 0 Å². The molecule has 0 aliphatic carbocycles. The first-order chi connectivity index (χ1) is 14.0. The predicted molar refractivity (Wildman–Crippen MR) is 117 cm³/mol. The number of hydrogen-bond acceptors (Lipinski definition) is 6. The van der Waals surface area contributed by atoms with Gasteiger partial charge in [-0.3, -0.25) is 0 Å². The van der Waals surface area contributed by atoms with Gasteiger partial charge in [0.05, 0.1) is 7.11 Å². The van der Waals surface area contributed by atoms with E-state index < -0.39 is 0 Å². The lowest BCUT2D eigenvalue weighted by Gasteiger charge is -2.14. The van der Waals surface area contributed by atoms with Crippen LogP contribution in [0.2, 0.25) is 0 Å². The van der Waals surface area contributed by atoms with Gasteiger partial charge in [0, 0.05) is 5.75 Å². The molecule has 0 fully saturated rings. The van der Waals surface area contributed by atoms with Crippen molar-refractivity contribution in [2.75, 3.05) is 18.7 Å². The lowest BCUT2D eigenvalue weighted by Crippen LogP contribution is -2.16. The summed E-state index contributed by atoms with van der Waals surface area (Å²) in [5.74, 6) is 9.77. The molecule has 0 aliphatic heterocycles. The third kappa shape index (κ3) is 5.44. The molecule has 1 aromatic heterocycles. The summed E-state index contributed by atoms with van der Waals surface area (Å²) in [5.41, 5.74) is 3.58. The van der Waals surface area contributed by atoms with Gasteiger partial charge in [-0.15, -0.1) is 10.2 Å². The fraction of sp³-hybridized carbons (Fsp3) is 0.364. The number of methoxy groups -OCH3 is 1. The van der Waals surface area contributed by atoms with Crippen LogP contribution in [-0.4, -0.2) is 27.7 Å². The molecular formula is C22H28N4O2S. The van der Waals surface area contributed by atoms with Gasteiger partial charge in [0.1, 0.15) is 18.1 Å². The van der Waals surface area contributed by atoms with E-state index in [1.54, 1.807) is 18.9 Å². The molecule has 0 radical (unpaired) electrons. The minimum atomic E-state index is 0.283. The summed E-state index contributed by atoms with van der Waals surface area (Å²) in [4.78, 5) is 0. The summed E-state index contributed by atoms with van der Waals surface area (Å²) in [6.07, 6.45) is 0.911. The standard InChI is InChI=1S/C22H28N4O2S/c1-15(2)19-10-5-16(3)13-20(19)28-14-21-24-25-22(26(21)23)29-12-11-17-6-8-18(27-4)9-7-17/h5-10,13,15H,11-12,14,23H2,1-4H3. The van der Waals surface area contributed by atoms with Crippen molar-refractivity contribution in [1.82, 2.24) is 14.9 Å². The normalized spacial score (nSPS) is 11.1. The van der Waals surface area contributed by atoms with Crippen molar-refractivity contribution in [3.63, 3.8) is 0 Å². The number of rotatable bonds is 9. The molecule has 0 spiro atoms. The molecule has 2 aromatic carbocycles. The maximum Gasteiger partial charge on any atom is 0.209 e. The molecule has 2 N–H and O–H groups in total. The fourth-order valence-corrected chi connectivity index (χ4v) is 3.81. The van der Waals surface area contributed by atoms with Crippen LogP contribution in [0.5, 0.6) is 11.5 Å². The van der Waals surface area contributed by atoms with E-state index in [-0.39, 0.29) is 6.61 Å². The lowest BCUT2D eigenvalue weighted by atomic mass is 10.0. The van der Waals surface area contributed by atoms with Crippen LogP contribution in [0.4, 0.5) is 0 Å². The van der Waals surface area contributed by atoms with Crippen LogP contribution in [0.25, 0.3) is 0 Å². The number of nitrogens with zero attached hydrogens (tertiary/aromatic N) is 3. The highest BCUT2D eigenvalue weighted by atomic mass is 32.2. The average Bonchev–Trinajstić information content (AvgIpc) is 3.06. The van der Waals surface area contributed by atoms with Crippen LogP contribution in [0.1, 0.15) is 42.3 Å². The summed E-state index contributed by atoms with van der Waals surface area (Å²) in [7, 11) is 1.67. The molecule has 0 aliphatic rings. The van der Waals surface area contributed by atoms with Gasteiger partial charge in [0.25, 0.3) is 0 Å². The minimum Gasteiger partial charge on any atom is -0.497 e. The summed E-state index contributed by atoms with van der Waals surface area (Å²) in [5, 5.41) is 9.10. The van der Waals surface area contributed by atoms with Gasteiger partial charge < -0.3 is 15.3 Å². The highest BCUT2D eigenvalue weighted by molar-refractivity contribution is 7.99. The Hall–Kier alpha value is -2.67. The smallest absolute Gasteiger partial charge is 0.209 e. The first-order valence-electron chi connectivity index (χ1n) is 9.66. The summed E-state index contributed by atoms with van der Waals surface area (Å²) < 4.78 is 12.7. The second-order valence-corrected chi connectivity index (χ2v) is 8.26. The molecule has 0 amide bonds. The molecule has 6 nitrogen and oxygen atoms in total. The van der Waals surface area contributed by atoms with Gasteiger partial charge in [-0.25, -0.2) is 4.68 Å². The Kier molecular flexibility index (Phi) is 7.04. The lowest BCUT2D eigenvalue weighted by molar-refractivity contribution is 0.287. The molecular weight excluding hydrogens is 384 g/mol. The molecule has 0 saturated heterocycles. The van der Waals surface area contributed by atoms with Crippen molar-refractivity contribution < 1.29 is 9.47 Å². The van der Waals surface area contributed by atoms with Crippen LogP contribution in [0.15, 0.2) is 47.6 Å². The number of ether oxygens (including phenoxy) is 2. The third-order valence-corrected chi connectivity index (χ3v) is 5.61. The van der Waals surface area contributed by atoms with Crippen LogP contribution >= 0.6 is 11.8 Å². The van der Waals surface area contributed by atoms with E-state index in [9.17, 15) is 0 Å². The highest BCUT2D eigenvalue weighted by Crippen LogP contribution is 2.28. The summed E-state index contributed by atoms with van der Waals surface area (Å²) >= 11 is 1.58. The molecule has 7 heteroatoms. The van der Waals surface area contributed by atoms with E-state index in [0.717, 1.165) is 29.2 Å². The van der Waals surface area contributed by atoms with Crippen LogP contribution in [0, 0.1) is 6.92 Å². The fourth-order valence-electron chi connectivity index (χ4n) is 2.94. The zero-order chi connectivity index (χ0) is 20.8. The number of hydrogen-bond donors (Lipinski definition) is 1. The number of thioether (sulfide) groups is 1. The molecule has 0 unspecified atom stereocenters. The molecule has 0 saturated carbocycles. The van der Waals surface area contributed by atoms with Gasteiger partial charge in [-0.2, -0.15) is 0 Å². The first kappa shape index (κ1) is 21.0. The molecule has 154 valence electrons. The van der Waals surface area contributed by atoms with E-state index in [4.69, 9.17) is 15.3 Å². The van der Waals surface area contributed by atoms with E-state index in [2.05, 4.69) is 61.3 Å². The Balaban J connectivity index is 1.57. The van der Waals surface area contributed by atoms with Crippen molar-refractivity contribution >= 4 is 11.8 Å². The zero-order valence-electron chi connectivity index (χ0n) is 17.4. The third-order valence-electron chi connectivity index (χ3n) is 4.66. The Morgan fingerprint density at radius 2 is 1.86 bits per heavy atom. The topological polar surface area (TPSA) is 75.2 Å². The monoisotopic (exact) mass is 412 g/mol. The number of aryl methyl sites for hydroxylation is 2. The van der Waals surface area contributed by atoms with Gasteiger partial charge in [0.2, 0.25) is 5.16 Å². The molecule has 3 rings (SSSR count). The van der Waals surface area contributed by atoms with Crippen molar-refractivity contribution in [2.45, 2.75) is 44.9 Å². The molecule has 29 heavy (non-hydrogen) atoms. The first-order valence-corrected chi connectivity index (χ1v) is 10.6. The Morgan fingerprint density at radius 3 is 2.55 bits per heavy atom. The second-order valence-electron chi connectivity index (χ2n) is 7.20. The summed E-state index contributed by atoms with van der Waals surface area (Å²) in [6.45, 7) is 6.65. The zero-order valence-corrected chi connectivity index (χ0v) is 18.2. The van der Waals surface area contributed by atoms with E-state index in [1.165, 1.54) is 15.8 Å². The quantitative estimate of drug-likeness (QED) is 0.416. The highest BCUT2D eigenvalue weighted by Gasteiger charge is 2.13. The summed E-state index contributed by atoms with van der Waals surface area (Å²) in [6, 6.07) is 14.3. The van der Waals surface area contributed by atoms with Crippen LogP contribution < -0.4 is 15.3 Å². The van der Waals surface area contributed by atoms with E-state index >= 15 is 0 Å². The van der Waals surface area contributed by atoms with Crippen molar-refractivity contribution in [1.29, 1.82) is 0 Å². The van der Waals surface area contributed by atoms with Gasteiger partial charge in [0.15, 0.2) is 5.82 Å². The number of aromatic nitrogens is 3. The van der Waals surface area contributed by atoms with Gasteiger partial charge in [-0.05, 0) is 54.2 Å². The van der Waals surface area contributed by atoms with Crippen molar-refractivity contribution in [3.05, 3.63) is 65.0 Å². The Bertz CT molecular complexity index is 938.